The molecule has 1 heterocycles. The van der Waals surface area contributed by atoms with Crippen molar-refractivity contribution in [2.75, 3.05) is 0 Å². The zero-order valence-corrected chi connectivity index (χ0v) is 14.1. The molecule has 0 radical (unpaired) electrons. The number of benzene rings is 3. The number of hydrogen-bond donors (Lipinski definition) is 0. The molecule has 3 heteroatoms. The molecule has 1 aromatic heterocycles. The van der Waals surface area contributed by atoms with E-state index in [0.29, 0.717) is 20.9 Å². The fraction of sp³-hybridized carbons (Fsp3) is 0. The van der Waals surface area contributed by atoms with Crippen molar-refractivity contribution in [2.24, 2.45) is 0 Å². The first kappa shape index (κ1) is 15.5. The molecule has 120 valence electrons. The Morgan fingerprint density at radius 2 is 0.880 bits per heavy atom. The van der Waals surface area contributed by atoms with Crippen molar-refractivity contribution in [1.82, 2.24) is 0 Å². The molecule has 0 saturated carbocycles. The number of carbonyl (C=O) groups excluding carboxylic acids is 2. The van der Waals surface area contributed by atoms with Crippen molar-refractivity contribution in [3.63, 3.8) is 0 Å². The summed E-state index contributed by atoms with van der Waals surface area (Å²) in [5.41, 5.74) is 1.27. The standard InChI is InChI=1S/C22H14O2S/c23-19(15-9-3-1-4-10-15)21-17-13-7-8-14-18(17)22(25-21)20(24)16-11-5-2-6-12-16/h1-14H. The van der Waals surface area contributed by atoms with E-state index in [1.807, 2.05) is 60.7 Å². The minimum atomic E-state index is -0.0473. The molecule has 0 spiro atoms. The first-order chi connectivity index (χ1) is 12.3. The van der Waals surface area contributed by atoms with Crippen molar-refractivity contribution < 1.29 is 9.59 Å². The smallest absolute Gasteiger partial charge is 0.203 e. The highest BCUT2D eigenvalue weighted by Gasteiger charge is 2.22. The van der Waals surface area contributed by atoms with Crippen molar-refractivity contribution in [2.45, 2.75) is 0 Å². The largest absolute Gasteiger partial charge is 0.288 e. The zero-order chi connectivity index (χ0) is 17.2. The Bertz CT molecular complexity index is 978. The van der Waals surface area contributed by atoms with E-state index in [9.17, 15) is 9.59 Å². The molecule has 0 aliphatic rings. The lowest BCUT2D eigenvalue weighted by atomic mass is 10.0. The van der Waals surface area contributed by atoms with Gasteiger partial charge in [-0.1, -0.05) is 84.9 Å². The Labute approximate surface area is 149 Å². The summed E-state index contributed by atoms with van der Waals surface area (Å²) in [6.45, 7) is 0. The predicted molar refractivity (Wildman–Crippen MR) is 102 cm³/mol. The Morgan fingerprint density at radius 1 is 0.520 bits per heavy atom. The van der Waals surface area contributed by atoms with Crippen molar-refractivity contribution in [1.29, 1.82) is 0 Å². The maximum Gasteiger partial charge on any atom is 0.203 e. The Morgan fingerprint density at radius 3 is 1.28 bits per heavy atom. The van der Waals surface area contributed by atoms with Gasteiger partial charge in [-0.25, -0.2) is 0 Å². The van der Waals surface area contributed by atoms with Crippen LogP contribution < -0.4 is 0 Å². The van der Waals surface area contributed by atoms with Crippen LogP contribution in [0, 0.1) is 0 Å². The van der Waals surface area contributed by atoms with Gasteiger partial charge in [-0.2, -0.15) is 0 Å². The Kier molecular flexibility index (Phi) is 4.00. The minimum absolute atomic E-state index is 0.0473. The molecule has 2 nitrogen and oxygen atoms in total. The van der Waals surface area contributed by atoms with E-state index in [0.717, 1.165) is 10.8 Å². The molecule has 0 saturated heterocycles. The van der Waals surface area contributed by atoms with Gasteiger partial charge in [0.15, 0.2) is 0 Å². The van der Waals surface area contributed by atoms with Crippen LogP contribution in [0.3, 0.4) is 0 Å². The Hall–Kier alpha value is -3.04. The minimum Gasteiger partial charge on any atom is -0.288 e. The van der Waals surface area contributed by atoms with Crippen molar-refractivity contribution in [3.8, 4) is 0 Å². The average Bonchev–Trinajstić information content (AvgIpc) is 3.08. The van der Waals surface area contributed by atoms with Crippen LogP contribution in [0.25, 0.3) is 10.8 Å². The second kappa shape index (κ2) is 6.46. The lowest BCUT2D eigenvalue weighted by Crippen LogP contribution is -1.99. The molecule has 4 rings (SSSR count). The molecule has 0 bridgehead atoms. The van der Waals surface area contributed by atoms with Gasteiger partial charge in [0.25, 0.3) is 0 Å². The number of carbonyl (C=O) groups is 2. The summed E-state index contributed by atoms with van der Waals surface area (Å²) in [6.07, 6.45) is 0. The molecule has 0 aliphatic carbocycles. The lowest BCUT2D eigenvalue weighted by Gasteiger charge is -1.98. The second-order valence-electron chi connectivity index (χ2n) is 5.70. The summed E-state index contributed by atoms with van der Waals surface area (Å²) < 4.78 is 0. The van der Waals surface area contributed by atoms with E-state index in [2.05, 4.69) is 0 Å². The van der Waals surface area contributed by atoms with Gasteiger partial charge in [0.2, 0.25) is 11.6 Å². The number of thiophene rings is 1. The molecular weight excluding hydrogens is 328 g/mol. The number of ketones is 2. The molecule has 0 N–H and O–H groups in total. The summed E-state index contributed by atoms with van der Waals surface area (Å²) in [7, 11) is 0. The highest BCUT2D eigenvalue weighted by Crippen LogP contribution is 2.34. The predicted octanol–water partition coefficient (Wildman–Crippen LogP) is 5.36. The van der Waals surface area contributed by atoms with Crippen LogP contribution in [0.5, 0.6) is 0 Å². The molecule has 0 atom stereocenters. The summed E-state index contributed by atoms with van der Waals surface area (Å²) in [5.74, 6) is -0.0946. The second-order valence-corrected chi connectivity index (χ2v) is 6.72. The molecule has 4 aromatic rings. The van der Waals surface area contributed by atoms with E-state index in [1.54, 1.807) is 24.3 Å². The van der Waals surface area contributed by atoms with Crippen molar-refractivity contribution in [3.05, 3.63) is 106 Å². The van der Waals surface area contributed by atoms with E-state index in [4.69, 9.17) is 0 Å². The molecule has 25 heavy (non-hydrogen) atoms. The van der Waals surface area contributed by atoms with Gasteiger partial charge in [0.1, 0.15) is 0 Å². The summed E-state index contributed by atoms with van der Waals surface area (Å²) >= 11 is 1.28. The highest BCUT2D eigenvalue weighted by molar-refractivity contribution is 7.18. The van der Waals surface area contributed by atoms with Crippen LogP contribution in [0.2, 0.25) is 0 Å². The van der Waals surface area contributed by atoms with E-state index >= 15 is 0 Å². The van der Waals surface area contributed by atoms with Gasteiger partial charge < -0.3 is 0 Å². The lowest BCUT2D eigenvalue weighted by molar-refractivity contribution is 0.103. The molecule has 0 fully saturated rings. The maximum atomic E-state index is 12.9. The topological polar surface area (TPSA) is 34.1 Å². The zero-order valence-electron chi connectivity index (χ0n) is 13.3. The van der Waals surface area contributed by atoms with Gasteiger partial charge in [-0.05, 0) is 0 Å². The van der Waals surface area contributed by atoms with Crippen LogP contribution in [0.4, 0.5) is 0 Å². The Balaban J connectivity index is 1.88. The van der Waals surface area contributed by atoms with Gasteiger partial charge in [0, 0.05) is 21.9 Å². The van der Waals surface area contributed by atoms with Gasteiger partial charge in [-0.3, -0.25) is 9.59 Å². The molecule has 0 aliphatic heterocycles. The van der Waals surface area contributed by atoms with Gasteiger partial charge in [-0.15, -0.1) is 11.3 Å². The summed E-state index contributed by atoms with van der Waals surface area (Å²) in [4.78, 5) is 27.1. The fourth-order valence-electron chi connectivity index (χ4n) is 2.87. The number of fused-ring (bicyclic) bond motifs is 1. The van der Waals surface area contributed by atoms with Crippen LogP contribution in [-0.4, -0.2) is 11.6 Å². The van der Waals surface area contributed by atoms with Crippen molar-refractivity contribution >= 4 is 33.7 Å². The summed E-state index contributed by atoms with van der Waals surface area (Å²) in [6, 6.07) is 26.0. The van der Waals surface area contributed by atoms with Gasteiger partial charge in [0.05, 0.1) is 9.75 Å². The van der Waals surface area contributed by atoms with Crippen LogP contribution in [0.15, 0.2) is 84.9 Å². The van der Waals surface area contributed by atoms with E-state index < -0.39 is 0 Å². The fourth-order valence-corrected chi connectivity index (χ4v) is 4.07. The monoisotopic (exact) mass is 342 g/mol. The van der Waals surface area contributed by atoms with Crippen LogP contribution in [0.1, 0.15) is 30.5 Å². The molecule has 3 aromatic carbocycles. The number of hydrogen-bond acceptors (Lipinski definition) is 3. The molecule has 0 unspecified atom stereocenters. The third-order valence-electron chi connectivity index (χ3n) is 4.10. The maximum absolute atomic E-state index is 12.9. The molecular formula is C22H14O2S. The first-order valence-corrected chi connectivity index (χ1v) is 8.78. The summed E-state index contributed by atoms with van der Waals surface area (Å²) in [5, 5.41) is 1.67. The molecule has 0 amide bonds. The normalized spacial score (nSPS) is 10.7. The number of rotatable bonds is 4. The van der Waals surface area contributed by atoms with Gasteiger partial charge >= 0.3 is 0 Å². The van der Waals surface area contributed by atoms with E-state index in [-0.39, 0.29) is 11.6 Å². The van der Waals surface area contributed by atoms with Crippen LogP contribution >= 0.6 is 11.3 Å². The van der Waals surface area contributed by atoms with E-state index in [1.165, 1.54) is 11.3 Å². The average molecular weight is 342 g/mol. The SMILES string of the molecule is O=C(c1ccccc1)c1sc(C(=O)c2ccccc2)c2ccccc12. The third kappa shape index (κ3) is 2.79. The highest BCUT2D eigenvalue weighted by atomic mass is 32.1. The quantitative estimate of drug-likeness (QED) is 0.468. The third-order valence-corrected chi connectivity index (χ3v) is 5.32. The first-order valence-electron chi connectivity index (χ1n) is 7.97. The van der Waals surface area contributed by atoms with Crippen LogP contribution in [-0.2, 0) is 0 Å².